The molecule has 5 nitrogen and oxygen atoms in total. The van der Waals surface area contributed by atoms with E-state index in [1.807, 2.05) is 0 Å². The molecule has 2 rings (SSSR count). The lowest BCUT2D eigenvalue weighted by Crippen LogP contribution is -2.11. The summed E-state index contributed by atoms with van der Waals surface area (Å²) in [7, 11) is 0. The van der Waals surface area contributed by atoms with Crippen molar-refractivity contribution in [2.75, 3.05) is 5.32 Å². The highest BCUT2D eigenvalue weighted by molar-refractivity contribution is 7.15. The number of carboxylic acids is 1. The monoisotopic (exact) mass is 324 g/mol. The SMILES string of the molecule is Cc1nc(NC(=O)c2ccc(Cl)cc2)sc1CCC(=O)O. The molecule has 2 N–H and O–H groups in total. The van der Waals surface area contributed by atoms with Crippen molar-refractivity contribution in [2.45, 2.75) is 19.8 Å². The number of thiazole rings is 1. The largest absolute Gasteiger partial charge is 0.481 e. The molecule has 0 radical (unpaired) electrons. The molecule has 1 heterocycles. The maximum absolute atomic E-state index is 12.0. The number of aliphatic carboxylic acids is 1. The van der Waals surface area contributed by atoms with E-state index >= 15 is 0 Å². The number of hydrogen-bond acceptors (Lipinski definition) is 4. The van der Waals surface area contributed by atoms with Gasteiger partial charge in [-0.2, -0.15) is 0 Å². The van der Waals surface area contributed by atoms with Gasteiger partial charge in [0.1, 0.15) is 0 Å². The summed E-state index contributed by atoms with van der Waals surface area (Å²) in [6, 6.07) is 6.54. The van der Waals surface area contributed by atoms with Gasteiger partial charge in [-0.15, -0.1) is 11.3 Å². The summed E-state index contributed by atoms with van der Waals surface area (Å²) in [6.07, 6.45) is 0.462. The maximum Gasteiger partial charge on any atom is 0.303 e. The number of nitrogens with zero attached hydrogens (tertiary/aromatic N) is 1. The molecule has 0 bridgehead atoms. The lowest BCUT2D eigenvalue weighted by molar-refractivity contribution is -0.136. The van der Waals surface area contributed by atoms with E-state index in [-0.39, 0.29) is 12.3 Å². The van der Waals surface area contributed by atoms with Gasteiger partial charge >= 0.3 is 5.97 Å². The zero-order valence-electron chi connectivity index (χ0n) is 11.2. The molecule has 1 aromatic heterocycles. The second-order valence-corrected chi connectivity index (χ2v) is 5.90. The molecular weight excluding hydrogens is 312 g/mol. The minimum atomic E-state index is -0.852. The van der Waals surface area contributed by atoms with Gasteiger partial charge in [0.2, 0.25) is 0 Å². The number of rotatable bonds is 5. The fourth-order valence-corrected chi connectivity index (χ4v) is 2.79. The van der Waals surface area contributed by atoms with Gasteiger partial charge in [0, 0.05) is 15.5 Å². The lowest BCUT2D eigenvalue weighted by Gasteiger charge is -2.01. The first-order chi connectivity index (χ1) is 9.95. The normalized spacial score (nSPS) is 10.4. The summed E-state index contributed by atoms with van der Waals surface area (Å²) in [5.74, 6) is -1.13. The number of carbonyl (C=O) groups is 2. The number of hydrogen-bond donors (Lipinski definition) is 2. The number of aromatic nitrogens is 1. The second kappa shape index (κ2) is 6.69. The summed E-state index contributed by atoms with van der Waals surface area (Å²) in [6.45, 7) is 1.80. The molecule has 0 unspecified atom stereocenters. The Kier molecular flexibility index (Phi) is 4.93. The highest BCUT2D eigenvalue weighted by atomic mass is 35.5. The van der Waals surface area contributed by atoms with Crippen LogP contribution in [0.2, 0.25) is 5.02 Å². The van der Waals surface area contributed by atoms with Crippen LogP contribution in [0.1, 0.15) is 27.3 Å². The number of anilines is 1. The minimum absolute atomic E-state index is 0.0492. The van der Waals surface area contributed by atoms with Crippen molar-refractivity contribution in [1.29, 1.82) is 0 Å². The average Bonchev–Trinajstić information content (AvgIpc) is 2.77. The molecule has 2 aromatic rings. The minimum Gasteiger partial charge on any atom is -0.481 e. The Morgan fingerprint density at radius 1 is 1.33 bits per heavy atom. The Balaban J connectivity index is 2.05. The summed E-state index contributed by atoms with van der Waals surface area (Å²) in [4.78, 5) is 27.7. The molecule has 7 heteroatoms. The fourth-order valence-electron chi connectivity index (χ4n) is 1.70. The van der Waals surface area contributed by atoms with Gasteiger partial charge in [-0.1, -0.05) is 11.6 Å². The van der Waals surface area contributed by atoms with Crippen molar-refractivity contribution in [3.63, 3.8) is 0 Å². The molecule has 0 aliphatic rings. The van der Waals surface area contributed by atoms with Crippen LogP contribution in [0.15, 0.2) is 24.3 Å². The number of aryl methyl sites for hydroxylation is 2. The van der Waals surface area contributed by atoms with E-state index in [1.54, 1.807) is 31.2 Å². The smallest absolute Gasteiger partial charge is 0.303 e. The quantitative estimate of drug-likeness (QED) is 0.883. The third-order valence-electron chi connectivity index (χ3n) is 2.79. The van der Waals surface area contributed by atoms with Crippen LogP contribution < -0.4 is 5.32 Å². The van der Waals surface area contributed by atoms with E-state index in [0.717, 1.165) is 10.6 Å². The van der Waals surface area contributed by atoms with Crippen LogP contribution in [0, 0.1) is 6.92 Å². The molecule has 0 fully saturated rings. The van der Waals surface area contributed by atoms with E-state index in [0.29, 0.717) is 22.1 Å². The van der Waals surface area contributed by atoms with Crippen LogP contribution >= 0.6 is 22.9 Å². The Morgan fingerprint density at radius 3 is 2.62 bits per heavy atom. The van der Waals surface area contributed by atoms with Gasteiger partial charge in [-0.05, 0) is 37.6 Å². The van der Waals surface area contributed by atoms with Crippen LogP contribution in [0.3, 0.4) is 0 Å². The third kappa shape index (κ3) is 4.27. The second-order valence-electron chi connectivity index (χ2n) is 4.38. The number of nitrogens with one attached hydrogen (secondary N) is 1. The Morgan fingerprint density at radius 2 is 2.00 bits per heavy atom. The van der Waals surface area contributed by atoms with Crippen molar-refractivity contribution >= 4 is 39.9 Å². The van der Waals surface area contributed by atoms with Crippen molar-refractivity contribution in [1.82, 2.24) is 4.98 Å². The topological polar surface area (TPSA) is 79.3 Å². The average molecular weight is 325 g/mol. The molecule has 110 valence electrons. The highest BCUT2D eigenvalue weighted by Crippen LogP contribution is 2.24. The molecule has 21 heavy (non-hydrogen) atoms. The van der Waals surface area contributed by atoms with Crippen molar-refractivity contribution in [3.05, 3.63) is 45.4 Å². The highest BCUT2D eigenvalue weighted by Gasteiger charge is 2.12. The Labute approximate surface area is 130 Å². The summed E-state index contributed by atoms with van der Waals surface area (Å²) in [5.41, 5.74) is 1.23. The Hall–Kier alpha value is -1.92. The van der Waals surface area contributed by atoms with Crippen molar-refractivity contribution in [3.8, 4) is 0 Å². The van der Waals surface area contributed by atoms with E-state index in [1.165, 1.54) is 11.3 Å². The summed E-state index contributed by atoms with van der Waals surface area (Å²) < 4.78 is 0. The van der Waals surface area contributed by atoms with Crippen molar-refractivity contribution < 1.29 is 14.7 Å². The predicted molar refractivity (Wildman–Crippen MR) is 82.2 cm³/mol. The third-order valence-corrected chi connectivity index (χ3v) is 4.17. The first-order valence-electron chi connectivity index (χ1n) is 6.20. The van der Waals surface area contributed by atoms with Gasteiger partial charge in [0.15, 0.2) is 5.13 Å². The van der Waals surface area contributed by atoms with Gasteiger partial charge in [0.25, 0.3) is 5.91 Å². The van der Waals surface area contributed by atoms with E-state index in [4.69, 9.17) is 16.7 Å². The molecular formula is C14H13ClN2O3S. The number of carboxylic acid groups (broad SMARTS) is 1. The van der Waals surface area contributed by atoms with E-state index in [2.05, 4.69) is 10.3 Å². The van der Waals surface area contributed by atoms with Crippen LogP contribution in [0.4, 0.5) is 5.13 Å². The number of halogens is 1. The summed E-state index contributed by atoms with van der Waals surface area (Å²) in [5, 5.41) is 12.4. The molecule has 1 amide bonds. The van der Waals surface area contributed by atoms with Gasteiger partial charge < -0.3 is 5.11 Å². The number of carbonyl (C=O) groups excluding carboxylic acids is 1. The first-order valence-corrected chi connectivity index (χ1v) is 7.40. The summed E-state index contributed by atoms with van der Waals surface area (Å²) >= 11 is 7.07. The molecule has 0 atom stereocenters. The molecule has 0 saturated heterocycles. The van der Waals surface area contributed by atoms with Crippen LogP contribution in [0.25, 0.3) is 0 Å². The van der Waals surface area contributed by atoms with Gasteiger partial charge in [-0.3, -0.25) is 14.9 Å². The lowest BCUT2D eigenvalue weighted by atomic mass is 10.2. The Bertz CT molecular complexity index is 667. The van der Waals surface area contributed by atoms with E-state index in [9.17, 15) is 9.59 Å². The standard InChI is InChI=1S/C14H13ClN2O3S/c1-8-11(6-7-12(18)19)21-14(16-8)17-13(20)9-2-4-10(15)5-3-9/h2-5H,6-7H2,1H3,(H,18,19)(H,16,17,20). The molecule has 0 spiro atoms. The zero-order valence-corrected chi connectivity index (χ0v) is 12.8. The molecule has 1 aromatic carbocycles. The van der Waals surface area contributed by atoms with Crippen LogP contribution in [-0.4, -0.2) is 22.0 Å². The fraction of sp³-hybridized carbons (Fsp3) is 0.214. The van der Waals surface area contributed by atoms with Crippen LogP contribution in [-0.2, 0) is 11.2 Å². The van der Waals surface area contributed by atoms with Crippen molar-refractivity contribution in [2.24, 2.45) is 0 Å². The first kappa shape index (κ1) is 15.5. The van der Waals surface area contributed by atoms with Gasteiger partial charge in [-0.25, -0.2) is 4.98 Å². The zero-order chi connectivity index (χ0) is 15.4. The number of benzene rings is 1. The molecule has 0 aliphatic heterocycles. The predicted octanol–water partition coefficient (Wildman–Crippen LogP) is 3.37. The number of amides is 1. The van der Waals surface area contributed by atoms with E-state index < -0.39 is 5.97 Å². The van der Waals surface area contributed by atoms with Crippen LogP contribution in [0.5, 0.6) is 0 Å². The maximum atomic E-state index is 12.0. The van der Waals surface area contributed by atoms with Gasteiger partial charge in [0.05, 0.1) is 12.1 Å². The molecule has 0 aliphatic carbocycles. The molecule has 0 saturated carbocycles.